The van der Waals surface area contributed by atoms with E-state index in [1.807, 2.05) is 25.1 Å². The molecule has 3 heteroatoms. The third-order valence-electron chi connectivity index (χ3n) is 2.30. The first-order valence-electron chi connectivity index (χ1n) is 4.41. The van der Waals surface area contributed by atoms with Crippen LogP contribution in [-0.4, -0.2) is 12.2 Å². The summed E-state index contributed by atoms with van der Waals surface area (Å²) in [4.78, 5) is 0. The topological polar surface area (TPSA) is 42.6 Å². The van der Waals surface area contributed by atoms with Gasteiger partial charge in [-0.15, -0.1) is 0 Å². The number of aryl methyl sites for hydroxylation is 1. The fourth-order valence-electron chi connectivity index (χ4n) is 1.61. The van der Waals surface area contributed by atoms with Gasteiger partial charge in [-0.1, -0.05) is 12.1 Å². The van der Waals surface area contributed by atoms with Crippen molar-refractivity contribution in [3.8, 4) is 0 Å². The number of furan rings is 1. The van der Waals surface area contributed by atoms with Crippen LogP contribution < -0.4 is 0 Å². The van der Waals surface area contributed by atoms with Gasteiger partial charge in [0.25, 0.3) is 0 Å². The molecule has 1 aromatic carbocycles. The number of fused-ring (bicyclic) bond motifs is 1. The van der Waals surface area contributed by atoms with Crippen molar-refractivity contribution < 1.29 is 14.3 Å². The van der Waals surface area contributed by atoms with E-state index in [-0.39, 0.29) is 0 Å². The minimum atomic E-state index is -0.894. The van der Waals surface area contributed by atoms with E-state index in [1.165, 1.54) is 7.11 Å². The molecule has 2 rings (SSSR count). The SMILES string of the molecule is COC(O)c1cccc2occ(C)c12. The summed E-state index contributed by atoms with van der Waals surface area (Å²) in [5, 5.41) is 10.5. The van der Waals surface area contributed by atoms with Crippen molar-refractivity contribution in [2.24, 2.45) is 0 Å². The maximum Gasteiger partial charge on any atom is 0.181 e. The lowest BCUT2D eigenvalue weighted by Crippen LogP contribution is -1.99. The second-order valence-corrected chi connectivity index (χ2v) is 3.23. The van der Waals surface area contributed by atoms with Gasteiger partial charge in [0.1, 0.15) is 5.58 Å². The number of hydrogen-bond donors (Lipinski definition) is 1. The van der Waals surface area contributed by atoms with Gasteiger partial charge in [0.15, 0.2) is 6.29 Å². The maximum absolute atomic E-state index is 9.61. The van der Waals surface area contributed by atoms with E-state index in [4.69, 9.17) is 9.15 Å². The standard InChI is InChI=1S/C11H12O3/c1-7-6-14-9-5-3-4-8(10(7)9)11(12)13-2/h3-6,11-12H,1-2H3. The molecule has 1 aromatic heterocycles. The van der Waals surface area contributed by atoms with Crippen LogP contribution >= 0.6 is 0 Å². The molecule has 0 aliphatic carbocycles. The van der Waals surface area contributed by atoms with E-state index in [9.17, 15) is 5.11 Å². The quantitative estimate of drug-likeness (QED) is 0.743. The fraction of sp³-hybridized carbons (Fsp3) is 0.273. The zero-order valence-corrected chi connectivity index (χ0v) is 8.15. The molecular formula is C11H12O3. The highest BCUT2D eigenvalue weighted by atomic mass is 16.6. The zero-order chi connectivity index (χ0) is 10.1. The smallest absolute Gasteiger partial charge is 0.181 e. The highest BCUT2D eigenvalue weighted by molar-refractivity contribution is 5.84. The lowest BCUT2D eigenvalue weighted by Gasteiger charge is -2.09. The molecule has 1 heterocycles. The summed E-state index contributed by atoms with van der Waals surface area (Å²) >= 11 is 0. The summed E-state index contributed by atoms with van der Waals surface area (Å²) in [6, 6.07) is 5.54. The van der Waals surface area contributed by atoms with Crippen LogP contribution in [-0.2, 0) is 4.74 Å². The van der Waals surface area contributed by atoms with Crippen molar-refractivity contribution in [3.63, 3.8) is 0 Å². The van der Waals surface area contributed by atoms with Crippen molar-refractivity contribution in [2.75, 3.05) is 7.11 Å². The largest absolute Gasteiger partial charge is 0.464 e. The number of rotatable bonds is 2. The van der Waals surface area contributed by atoms with E-state index in [1.54, 1.807) is 6.26 Å². The number of methoxy groups -OCH3 is 1. The molecular weight excluding hydrogens is 180 g/mol. The summed E-state index contributed by atoms with van der Waals surface area (Å²) in [7, 11) is 1.47. The average molecular weight is 192 g/mol. The molecule has 0 fully saturated rings. The molecule has 0 saturated heterocycles. The predicted octanol–water partition coefficient (Wildman–Crippen LogP) is 2.38. The second kappa shape index (κ2) is 3.44. The van der Waals surface area contributed by atoms with Crippen molar-refractivity contribution in [2.45, 2.75) is 13.2 Å². The fourth-order valence-corrected chi connectivity index (χ4v) is 1.61. The Morgan fingerprint density at radius 1 is 1.43 bits per heavy atom. The number of hydrogen-bond acceptors (Lipinski definition) is 3. The minimum Gasteiger partial charge on any atom is -0.464 e. The number of ether oxygens (including phenoxy) is 1. The first-order chi connectivity index (χ1) is 6.74. The Morgan fingerprint density at radius 2 is 2.21 bits per heavy atom. The second-order valence-electron chi connectivity index (χ2n) is 3.23. The van der Waals surface area contributed by atoms with Crippen LogP contribution in [0, 0.1) is 6.92 Å². The molecule has 0 aliphatic rings. The summed E-state index contributed by atoms with van der Waals surface area (Å²) < 4.78 is 10.2. The van der Waals surface area contributed by atoms with Crippen LogP contribution in [0.5, 0.6) is 0 Å². The van der Waals surface area contributed by atoms with Crippen LogP contribution in [0.3, 0.4) is 0 Å². The van der Waals surface area contributed by atoms with E-state index in [0.717, 1.165) is 22.1 Å². The molecule has 2 aromatic rings. The number of benzene rings is 1. The van der Waals surface area contributed by atoms with Gasteiger partial charge in [-0.05, 0) is 18.6 Å². The Kier molecular flexibility index (Phi) is 2.27. The van der Waals surface area contributed by atoms with E-state index >= 15 is 0 Å². The van der Waals surface area contributed by atoms with Gasteiger partial charge in [-0.3, -0.25) is 0 Å². The molecule has 3 nitrogen and oxygen atoms in total. The molecule has 1 N–H and O–H groups in total. The molecule has 74 valence electrons. The van der Waals surface area contributed by atoms with Crippen LogP contribution in [0.25, 0.3) is 11.0 Å². The molecule has 14 heavy (non-hydrogen) atoms. The molecule has 1 unspecified atom stereocenters. The average Bonchev–Trinajstić information content (AvgIpc) is 2.59. The van der Waals surface area contributed by atoms with Crippen LogP contribution in [0.4, 0.5) is 0 Å². The third kappa shape index (κ3) is 1.31. The van der Waals surface area contributed by atoms with Crippen LogP contribution in [0.2, 0.25) is 0 Å². The summed E-state index contributed by atoms with van der Waals surface area (Å²) in [6.07, 6.45) is 0.784. The zero-order valence-electron chi connectivity index (χ0n) is 8.15. The van der Waals surface area contributed by atoms with E-state index in [0.29, 0.717) is 0 Å². The normalized spacial score (nSPS) is 13.4. The van der Waals surface area contributed by atoms with E-state index < -0.39 is 6.29 Å². The van der Waals surface area contributed by atoms with Gasteiger partial charge in [0, 0.05) is 18.1 Å². The number of aliphatic hydroxyl groups is 1. The first-order valence-corrected chi connectivity index (χ1v) is 4.41. The molecule has 0 amide bonds. The molecule has 0 saturated carbocycles. The number of aliphatic hydroxyl groups excluding tert-OH is 1. The molecule has 0 bridgehead atoms. The Bertz CT molecular complexity index is 445. The summed E-state index contributed by atoms with van der Waals surface area (Å²) in [5.41, 5.74) is 2.53. The van der Waals surface area contributed by atoms with Crippen LogP contribution in [0.1, 0.15) is 17.4 Å². The van der Waals surface area contributed by atoms with Crippen molar-refractivity contribution >= 4 is 11.0 Å². The Hall–Kier alpha value is -1.32. The third-order valence-corrected chi connectivity index (χ3v) is 2.30. The Labute approximate surface area is 81.9 Å². The molecule has 0 aliphatic heterocycles. The van der Waals surface area contributed by atoms with Gasteiger partial charge < -0.3 is 14.3 Å². The van der Waals surface area contributed by atoms with Gasteiger partial charge in [-0.2, -0.15) is 0 Å². The summed E-state index contributed by atoms with van der Waals surface area (Å²) in [5.74, 6) is 0. The van der Waals surface area contributed by atoms with Gasteiger partial charge in [0.05, 0.1) is 6.26 Å². The highest BCUT2D eigenvalue weighted by Crippen LogP contribution is 2.28. The first kappa shape index (κ1) is 9.24. The van der Waals surface area contributed by atoms with Gasteiger partial charge in [0.2, 0.25) is 0 Å². The molecule has 1 atom stereocenters. The lowest BCUT2D eigenvalue weighted by molar-refractivity contribution is -0.0759. The Morgan fingerprint density at radius 3 is 2.93 bits per heavy atom. The minimum absolute atomic E-state index is 0.747. The van der Waals surface area contributed by atoms with Crippen LogP contribution in [0.15, 0.2) is 28.9 Å². The Balaban J connectivity index is 2.69. The monoisotopic (exact) mass is 192 g/mol. The summed E-state index contributed by atoms with van der Waals surface area (Å²) in [6.45, 7) is 1.94. The van der Waals surface area contributed by atoms with Crippen molar-refractivity contribution in [1.82, 2.24) is 0 Å². The highest BCUT2D eigenvalue weighted by Gasteiger charge is 2.13. The van der Waals surface area contributed by atoms with Gasteiger partial charge in [-0.25, -0.2) is 0 Å². The van der Waals surface area contributed by atoms with Gasteiger partial charge >= 0.3 is 0 Å². The van der Waals surface area contributed by atoms with Crippen molar-refractivity contribution in [3.05, 3.63) is 35.6 Å². The van der Waals surface area contributed by atoms with Crippen molar-refractivity contribution in [1.29, 1.82) is 0 Å². The predicted molar refractivity (Wildman–Crippen MR) is 52.9 cm³/mol. The van der Waals surface area contributed by atoms with E-state index in [2.05, 4.69) is 0 Å². The molecule has 0 radical (unpaired) electrons. The maximum atomic E-state index is 9.61. The lowest BCUT2D eigenvalue weighted by atomic mass is 10.1. The molecule has 0 spiro atoms.